The van der Waals surface area contributed by atoms with Gasteiger partial charge in [-0.25, -0.2) is 9.18 Å². The second-order valence-corrected chi connectivity index (χ2v) is 5.85. The van der Waals surface area contributed by atoms with Gasteiger partial charge in [-0.1, -0.05) is 24.3 Å². The second-order valence-electron chi connectivity index (χ2n) is 5.85. The van der Waals surface area contributed by atoms with Crippen LogP contribution in [-0.2, 0) is 25.5 Å². The highest BCUT2D eigenvalue weighted by atomic mass is 19.1. The molecule has 0 aliphatic heterocycles. The van der Waals surface area contributed by atoms with E-state index >= 15 is 0 Å². The van der Waals surface area contributed by atoms with Crippen LogP contribution in [0, 0.1) is 5.82 Å². The summed E-state index contributed by atoms with van der Waals surface area (Å²) in [6.07, 6.45) is 3.39. The Balaban J connectivity index is 2.88. The number of rotatable bonds is 10. The Kier molecular flexibility index (Phi) is 9.05. The van der Waals surface area contributed by atoms with Crippen LogP contribution in [0.15, 0.2) is 36.9 Å². The van der Waals surface area contributed by atoms with Crippen molar-refractivity contribution in [3.05, 3.63) is 48.3 Å². The van der Waals surface area contributed by atoms with Crippen LogP contribution in [0.25, 0.3) is 0 Å². The molecule has 0 aliphatic carbocycles. The quantitative estimate of drug-likeness (QED) is 0.377. The van der Waals surface area contributed by atoms with Crippen molar-refractivity contribution < 1.29 is 23.5 Å². The van der Waals surface area contributed by atoms with E-state index in [2.05, 4.69) is 17.2 Å². The van der Waals surface area contributed by atoms with Gasteiger partial charge in [0.05, 0.1) is 7.11 Å². The fraction of sp³-hybridized carbons (Fsp3) is 0.421. The van der Waals surface area contributed by atoms with Crippen LogP contribution in [0.1, 0.15) is 31.7 Å². The molecule has 1 aromatic carbocycles. The van der Waals surface area contributed by atoms with Crippen molar-refractivity contribution in [1.82, 2.24) is 10.6 Å². The number of hydrogen-bond acceptors (Lipinski definition) is 4. The average molecular weight is 364 g/mol. The maximum atomic E-state index is 13.9. The van der Waals surface area contributed by atoms with Crippen LogP contribution in [0.5, 0.6) is 0 Å². The zero-order valence-corrected chi connectivity index (χ0v) is 15.1. The number of nitrogens with one attached hydrogen (secondary N) is 2. The molecule has 0 saturated carbocycles. The summed E-state index contributed by atoms with van der Waals surface area (Å²) >= 11 is 0. The first-order valence-corrected chi connectivity index (χ1v) is 8.38. The monoisotopic (exact) mass is 364 g/mol. The highest BCUT2D eigenvalue weighted by Crippen LogP contribution is 2.10. The Labute approximate surface area is 152 Å². The number of esters is 1. The zero-order chi connectivity index (χ0) is 19.5. The van der Waals surface area contributed by atoms with Crippen molar-refractivity contribution in [2.75, 3.05) is 7.11 Å². The van der Waals surface area contributed by atoms with Crippen molar-refractivity contribution >= 4 is 17.8 Å². The number of benzene rings is 1. The molecule has 0 saturated heterocycles. The molecule has 2 atom stereocenters. The fourth-order valence-electron chi connectivity index (χ4n) is 2.47. The Bertz CT molecular complexity index is 648. The summed E-state index contributed by atoms with van der Waals surface area (Å²) in [5.74, 6) is -2.04. The van der Waals surface area contributed by atoms with E-state index in [1.807, 2.05) is 0 Å². The topological polar surface area (TPSA) is 84.5 Å². The van der Waals surface area contributed by atoms with Gasteiger partial charge in [0.2, 0.25) is 11.8 Å². The summed E-state index contributed by atoms with van der Waals surface area (Å²) in [5, 5.41) is 5.09. The smallest absolute Gasteiger partial charge is 0.328 e. The average Bonchev–Trinajstić information content (AvgIpc) is 2.61. The number of carbonyl (C=O) groups is 3. The molecular weight excluding hydrogens is 339 g/mol. The van der Waals surface area contributed by atoms with Crippen LogP contribution >= 0.6 is 0 Å². The molecule has 0 aliphatic rings. The van der Waals surface area contributed by atoms with E-state index in [9.17, 15) is 18.8 Å². The molecule has 1 rings (SSSR count). The lowest BCUT2D eigenvalue weighted by Crippen LogP contribution is -2.52. The molecule has 1 aromatic rings. The van der Waals surface area contributed by atoms with E-state index in [-0.39, 0.29) is 6.42 Å². The maximum absolute atomic E-state index is 13.9. The number of ether oxygens (including phenoxy) is 1. The van der Waals surface area contributed by atoms with Gasteiger partial charge in [0, 0.05) is 13.3 Å². The van der Waals surface area contributed by atoms with E-state index in [0.29, 0.717) is 24.8 Å². The van der Waals surface area contributed by atoms with E-state index in [1.165, 1.54) is 20.1 Å². The van der Waals surface area contributed by atoms with Crippen molar-refractivity contribution in [2.45, 2.75) is 44.7 Å². The maximum Gasteiger partial charge on any atom is 0.328 e. The number of amides is 2. The Hall–Kier alpha value is -2.70. The Morgan fingerprint density at radius 1 is 1.23 bits per heavy atom. The van der Waals surface area contributed by atoms with Gasteiger partial charge < -0.3 is 15.4 Å². The number of carbonyl (C=O) groups excluding carboxylic acids is 3. The molecule has 0 heterocycles. The SMILES string of the molecule is C=CCCC[C@@H](NC(=O)[C@H](Cc1ccccc1F)NC(C)=O)C(=O)OC. The molecular formula is C19H25FN2O4. The van der Waals surface area contributed by atoms with Gasteiger partial charge in [0.15, 0.2) is 0 Å². The van der Waals surface area contributed by atoms with E-state index in [4.69, 9.17) is 4.74 Å². The highest BCUT2D eigenvalue weighted by Gasteiger charge is 2.27. The second kappa shape index (κ2) is 11.0. The summed E-state index contributed by atoms with van der Waals surface area (Å²) in [7, 11) is 1.24. The van der Waals surface area contributed by atoms with Crippen molar-refractivity contribution in [1.29, 1.82) is 0 Å². The van der Waals surface area contributed by atoms with Crippen LogP contribution in [0.2, 0.25) is 0 Å². The lowest BCUT2D eigenvalue weighted by Gasteiger charge is -2.22. The third-order valence-corrected chi connectivity index (χ3v) is 3.78. The normalized spacial score (nSPS) is 12.6. The predicted octanol–water partition coefficient (Wildman–Crippen LogP) is 1.89. The molecule has 6 nitrogen and oxygen atoms in total. The summed E-state index contributed by atoms with van der Waals surface area (Å²) in [6.45, 7) is 4.88. The molecule has 142 valence electrons. The van der Waals surface area contributed by atoms with Gasteiger partial charge in [-0.15, -0.1) is 6.58 Å². The number of hydrogen-bond donors (Lipinski definition) is 2. The van der Waals surface area contributed by atoms with Crippen molar-refractivity contribution in [3.63, 3.8) is 0 Å². The number of unbranched alkanes of at least 4 members (excludes halogenated alkanes) is 1. The summed E-state index contributed by atoms with van der Waals surface area (Å²) in [5.41, 5.74) is 0.294. The fourth-order valence-corrected chi connectivity index (χ4v) is 2.47. The molecule has 0 aromatic heterocycles. The van der Waals surface area contributed by atoms with Gasteiger partial charge in [0.1, 0.15) is 17.9 Å². The minimum atomic E-state index is -1.00. The molecule has 2 amide bonds. The van der Waals surface area contributed by atoms with Crippen molar-refractivity contribution in [2.24, 2.45) is 0 Å². The molecule has 0 radical (unpaired) electrons. The molecule has 0 bridgehead atoms. The number of allylic oxidation sites excluding steroid dienone is 1. The predicted molar refractivity (Wildman–Crippen MR) is 95.7 cm³/mol. The lowest BCUT2D eigenvalue weighted by atomic mass is 10.0. The largest absolute Gasteiger partial charge is 0.467 e. The lowest BCUT2D eigenvalue weighted by molar-refractivity contribution is -0.145. The van der Waals surface area contributed by atoms with E-state index in [1.54, 1.807) is 24.3 Å². The van der Waals surface area contributed by atoms with Crippen molar-refractivity contribution in [3.8, 4) is 0 Å². The molecule has 26 heavy (non-hydrogen) atoms. The minimum absolute atomic E-state index is 0.0291. The molecule has 2 N–H and O–H groups in total. The van der Waals surface area contributed by atoms with E-state index < -0.39 is 35.7 Å². The van der Waals surface area contributed by atoms with E-state index in [0.717, 1.165) is 0 Å². The molecule has 0 unspecified atom stereocenters. The first-order valence-electron chi connectivity index (χ1n) is 8.38. The van der Waals surface area contributed by atoms with Gasteiger partial charge in [0.25, 0.3) is 0 Å². The Morgan fingerprint density at radius 3 is 2.50 bits per heavy atom. The van der Waals surface area contributed by atoms with Gasteiger partial charge in [-0.2, -0.15) is 0 Å². The zero-order valence-electron chi connectivity index (χ0n) is 15.1. The molecule has 0 spiro atoms. The van der Waals surface area contributed by atoms with Gasteiger partial charge in [-0.3, -0.25) is 9.59 Å². The first kappa shape index (κ1) is 21.3. The first-order chi connectivity index (χ1) is 12.4. The van der Waals surface area contributed by atoms with Crippen LogP contribution in [0.3, 0.4) is 0 Å². The summed E-state index contributed by atoms with van der Waals surface area (Å²) < 4.78 is 18.6. The van der Waals surface area contributed by atoms with Crippen LogP contribution < -0.4 is 10.6 Å². The third kappa shape index (κ3) is 7.04. The standard InChI is InChI=1S/C19H25FN2O4/c1-4-5-6-11-16(19(25)26-3)22-18(24)17(21-13(2)23)12-14-9-7-8-10-15(14)20/h4,7-10,16-17H,1,5-6,11-12H2,2-3H3,(H,21,23)(H,22,24)/t16-,17+/m1/s1. The Morgan fingerprint density at radius 2 is 1.92 bits per heavy atom. The van der Waals surface area contributed by atoms with Gasteiger partial charge in [-0.05, 0) is 30.9 Å². The van der Waals surface area contributed by atoms with Crippen LogP contribution in [-0.4, -0.2) is 37.0 Å². The number of halogens is 1. The van der Waals surface area contributed by atoms with Crippen LogP contribution in [0.4, 0.5) is 4.39 Å². The third-order valence-electron chi connectivity index (χ3n) is 3.78. The minimum Gasteiger partial charge on any atom is -0.467 e. The summed E-state index contributed by atoms with van der Waals surface area (Å²) in [6, 6.07) is 4.16. The summed E-state index contributed by atoms with van der Waals surface area (Å²) in [4.78, 5) is 35.9. The molecule has 7 heteroatoms. The number of methoxy groups -OCH3 is 1. The highest BCUT2D eigenvalue weighted by molar-refractivity contribution is 5.90. The molecule has 0 fully saturated rings. The van der Waals surface area contributed by atoms with Gasteiger partial charge >= 0.3 is 5.97 Å².